The molecule has 0 bridgehead atoms. The van der Waals surface area contributed by atoms with Crippen molar-refractivity contribution in [2.24, 2.45) is 0 Å². The summed E-state index contributed by atoms with van der Waals surface area (Å²) < 4.78 is 56.1. The topological polar surface area (TPSA) is 81.4 Å². The number of nitrogens with two attached hydrogens (primary N) is 1. The molecule has 3 N–H and O–H groups in total. The van der Waals surface area contributed by atoms with Gasteiger partial charge < -0.3 is 10.5 Å². The van der Waals surface area contributed by atoms with Crippen LogP contribution in [0.2, 0.25) is 0 Å². The number of rotatable bonds is 6. The molecule has 0 saturated carbocycles. The summed E-state index contributed by atoms with van der Waals surface area (Å²) in [6.45, 7) is 2.08. The van der Waals surface area contributed by atoms with Crippen LogP contribution in [0.5, 0.6) is 0 Å². The lowest BCUT2D eigenvalue weighted by Crippen LogP contribution is -2.21. The standard InChI is InChI=1S/C10H14F2N2O3S/c1-2-17-3-4-18(15,16)14-10-8(12)5-7(11)6-9(10)13/h5-6,14H,2-4,13H2,1H3. The van der Waals surface area contributed by atoms with E-state index in [2.05, 4.69) is 0 Å². The molecule has 0 amide bonds. The van der Waals surface area contributed by atoms with Crippen molar-refractivity contribution in [2.75, 3.05) is 29.4 Å². The second-order valence-electron chi connectivity index (χ2n) is 3.47. The molecule has 0 aliphatic heterocycles. The van der Waals surface area contributed by atoms with Gasteiger partial charge in [-0.2, -0.15) is 0 Å². The largest absolute Gasteiger partial charge is 0.397 e. The fourth-order valence-electron chi connectivity index (χ4n) is 1.22. The van der Waals surface area contributed by atoms with Crippen molar-refractivity contribution < 1.29 is 21.9 Å². The Balaban J connectivity index is 2.84. The van der Waals surface area contributed by atoms with E-state index < -0.39 is 27.3 Å². The lowest BCUT2D eigenvalue weighted by atomic mass is 10.2. The number of nitrogens with one attached hydrogen (secondary N) is 1. The molecule has 0 spiro atoms. The van der Waals surface area contributed by atoms with E-state index >= 15 is 0 Å². The third-order valence-electron chi connectivity index (χ3n) is 2.04. The highest BCUT2D eigenvalue weighted by Crippen LogP contribution is 2.24. The predicted molar refractivity (Wildman–Crippen MR) is 64.7 cm³/mol. The first-order chi connectivity index (χ1) is 8.35. The van der Waals surface area contributed by atoms with Crippen LogP contribution < -0.4 is 10.5 Å². The highest BCUT2D eigenvalue weighted by atomic mass is 32.2. The maximum Gasteiger partial charge on any atom is 0.235 e. The molecule has 1 aromatic rings. The van der Waals surface area contributed by atoms with Crippen LogP contribution in [0.4, 0.5) is 20.2 Å². The lowest BCUT2D eigenvalue weighted by molar-refractivity contribution is 0.163. The second kappa shape index (κ2) is 5.96. The summed E-state index contributed by atoms with van der Waals surface area (Å²) in [6, 6.07) is 1.39. The quantitative estimate of drug-likeness (QED) is 0.608. The van der Waals surface area contributed by atoms with Crippen molar-refractivity contribution in [3.63, 3.8) is 0 Å². The van der Waals surface area contributed by atoms with Gasteiger partial charge in [-0.15, -0.1) is 0 Å². The first kappa shape index (κ1) is 14.7. The molecule has 1 rings (SSSR count). The maximum absolute atomic E-state index is 13.4. The highest BCUT2D eigenvalue weighted by molar-refractivity contribution is 7.92. The number of ether oxygens (including phenoxy) is 1. The van der Waals surface area contributed by atoms with E-state index in [1.54, 1.807) is 6.92 Å². The summed E-state index contributed by atoms with van der Waals surface area (Å²) in [4.78, 5) is 0. The molecule has 8 heteroatoms. The molecule has 0 aliphatic rings. The van der Waals surface area contributed by atoms with Gasteiger partial charge in [0.25, 0.3) is 0 Å². The molecule has 102 valence electrons. The summed E-state index contributed by atoms with van der Waals surface area (Å²) >= 11 is 0. The van der Waals surface area contributed by atoms with Crippen molar-refractivity contribution in [3.05, 3.63) is 23.8 Å². The minimum absolute atomic E-state index is 0.0193. The van der Waals surface area contributed by atoms with Gasteiger partial charge in [-0.1, -0.05) is 0 Å². The van der Waals surface area contributed by atoms with Crippen LogP contribution in [-0.4, -0.2) is 27.4 Å². The zero-order valence-electron chi connectivity index (χ0n) is 9.74. The summed E-state index contributed by atoms with van der Waals surface area (Å²) in [7, 11) is -3.78. The molecule has 0 fully saturated rings. The molecular formula is C10H14F2N2O3S. The number of sulfonamides is 1. The molecule has 5 nitrogen and oxygen atoms in total. The minimum atomic E-state index is -3.78. The Morgan fingerprint density at radius 2 is 2.06 bits per heavy atom. The van der Waals surface area contributed by atoms with Crippen molar-refractivity contribution >= 4 is 21.4 Å². The van der Waals surface area contributed by atoms with E-state index in [0.717, 1.165) is 6.07 Å². The van der Waals surface area contributed by atoms with E-state index in [1.165, 1.54) is 0 Å². The number of hydrogen-bond donors (Lipinski definition) is 2. The fourth-order valence-corrected chi connectivity index (χ4v) is 2.19. The minimum Gasteiger partial charge on any atom is -0.397 e. The molecular weight excluding hydrogens is 266 g/mol. The smallest absolute Gasteiger partial charge is 0.235 e. The molecule has 0 atom stereocenters. The molecule has 0 saturated heterocycles. The van der Waals surface area contributed by atoms with Crippen molar-refractivity contribution in [1.82, 2.24) is 0 Å². The number of hydrogen-bond acceptors (Lipinski definition) is 4. The first-order valence-electron chi connectivity index (χ1n) is 5.18. The number of anilines is 2. The van der Waals surface area contributed by atoms with Gasteiger partial charge >= 0.3 is 0 Å². The summed E-state index contributed by atoms with van der Waals surface area (Å²) in [5.41, 5.74) is 4.58. The van der Waals surface area contributed by atoms with Gasteiger partial charge in [-0.25, -0.2) is 17.2 Å². The second-order valence-corrected chi connectivity index (χ2v) is 5.31. The van der Waals surface area contributed by atoms with Crippen LogP contribution in [0.15, 0.2) is 12.1 Å². The van der Waals surface area contributed by atoms with Crippen LogP contribution >= 0.6 is 0 Å². The SMILES string of the molecule is CCOCCS(=O)(=O)Nc1c(N)cc(F)cc1F. The van der Waals surface area contributed by atoms with Crippen molar-refractivity contribution in [2.45, 2.75) is 6.92 Å². The average Bonchev–Trinajstić information content (AvgIpc) is 2.23. The molecule has 18 heavy (non-hydrogen) atoms. The zero-order chi connectivity index (χ0) is 13.8. The Morgan fingerprint density at radius 1 is 1.39 bits per heavy atom. The van der Waals surface area contributed by atoms with E-state index in [4.69, 9.17) is 10.5 Å². The Kier molecular flexibility index (Phi) is 4.85. The van der Waals surface area contributed by atoms with Gasteiger partial charge in [0.1, 0.15) is 11.5 Å². The molecule has 0 aliphatic carbocycles. The third-order valence-corrected chi connectivity index (χ3v) is 3.26. The molecule has 0 heterocycles. The van der Waals surface area contributed by atoms with Crippen molar-refractivity contribution in [3.8, 4) is 0 Å². The lowest BCUT2D eigenvalue weighted by Gasteiger charge is -2.11. The molecule has 1 aromatic carbocycles. The van der Waals surface area contributed by atoms with Gasteiger partial charge in [0.2, 0.25) is 10.0 Å². The van der Waals surface area contributed by atoms with Gasteiger partial charge in [-0.3, -0.25) is 4.72 Å². The molecule has 0 radical (unpaired) electrons. The van der Waals surface area contributed by atoms with Crippen LogP contribution in [0.1, 0.15) is 6.92 Å². The predicted octanol–water partition coefficient (Wildman–Crippen LogP) is 1.33. The number of nitrogen functional groups attached to an aromatic ring is 1. The average molecular weight is 280 g/mol. The summed E-state index contributed by atoms with van der Waals surface area (Å²) in [5, 5.41) is 0. The van der Waals surface area contributed by atoms with Gasteiger partial charge in [-0.05, 0) is 13.0 Å². The molecule has 0 unspecified atom stereocenters. The van der Waals surface area contributed by atoms with E-state index in [0.29, 0.717) is 12.7 Å². The Bertz CT molecular complexity index is 497. The highest BCUT2D eigenvalue weighted by Gasteiger charge is 2.16. The van der Waals surface area contributed by atoms with Crippen LogP contribution in [-0.2, 0) is 14.8 Å². The maximum atomic E-state index is 13.4. The van der Waals surface area contributed by atoms with Crippen LogP contribution in [0.3, 0.4) is 0 Å². The van der Waals surface area contributed by atoms with Crippen molar-refractivity contribution in [1.29, 1.82) is 0 Å². The van der Waals surface area contributed by atoms with E-state index in [1.807, 2.05) is 4.72 Å². The Labute approximate surface area is 104 Å². The summed E-state index contributed by atoms with van der Waals surface area (Å²) in [5.74, 6) is -2.27. The summed E-state index contributed by atoms with van der Waals surface area (Å²) in [6.07, 6.45) is 0. The van der Waals surface area contributed by atoms with Crippen LogP contribution in [0, 0.1) is 11.6 Å². The van der Waals surface area contributed by atoms with Crippen LogP contribution in [0.25, 0.3) is 0 Å². The number of benzene rings is 1. The fraction of sp³-hybridized carbons (Fsp3) is 0.400. The monoisotopic (exact) mass is 280 g/mol. The zero-order valence-corrected chi connectivity index (χ0v) is 10.6. The normalized spacial score (nSPS) is 11.5. The molecule has 0 aromatic heterocycles. The first-order valence-corrected chi connectivity index (χ1v) is 6.83. The van der Waals surface area contributed by atoms with Gasteiger partial charge in [0.05, 0.1) is 18.0 Å². The van der Waals surface area contributed by atoms with Gasteiger partial charge in [0.15, 0.2) is 5.82 Å². The third kappa shape index (κ3) is 4.11. The van der Waals surface area contributed by atoms with E-state index in [9.17, 15) is 17.2 Å². The Morgan fingerprint density at radius 3 is 2.61 bits per heavy atom. The number of halogens is 2. The van der Waals surface area contributed by atoms with Gasteiger partial charge in [0, 0.05) is 12.7 Å². The van der Waals surface area contributed by atoms with E-state index in [-0.39, 0.29) is 18.0 Å². The Hall–Kier alpha value is -1.41.